The molecule has 0 radical (unpaired) electrons. The Morgan fingerprint density at radius 2 is 1.87 bits per heavy atom. The summed E-state index contributed by atoms with van der Waals surface area (Å²) in [4.78, 5) is 19.5. The first kappa shape index (κ1) is 23.4. The van der Waals surface area contributed by atoms with Crippen LogP contribution < -0.4 is 4.90 Å². The fourth-order valence-corrected chi connectivity index (χ4v) is 4.79. The molecule has 31 heavy (non-hydrogen) atoms. The molecule has 0 saturated heterocycles. The Bertz CT molecular complexity index is 1180. The Morgan fingerprint density at radius 1 is 1.16 bits per heavy atom. The topological polar surface area (TPSA) is 67.3 Å². The molecule has 0 N–H and O–H groups in total. The van der Waals surface area contributed by atoms with E-state index in [1.807, 2.05) is 35.2 Å². The Kier molecular flexibility index (Phi) is 7.46. The number of rotatable bonds is 9. The average molecular weight is 481 g/mol. The highest BCUT2D eigenvalue weighted by atomic mass is 35.5. The van der Waals surface area contributed by atoms with Crippen molar-refractivity contribution in [1.82, 2.24) is 4.98 Å². The van der Waals surface area contributed by atoms with E-state index in [2.05, 4.69) is 4.98 Å². The van der Waals surface area contributed by atoms with Crippen LogP contribution in [0.1, 0.15) is 26.5 Å². The quantitative estimate of drug-likeness (QED) is 0.414. The van der Waals surface area contributed by atoms with Crippen LogP contribution in [0.4, 0.5) is 9.52 Å². The van der Waals surface area contributed by atoms with Gasteiger partial charge in [0, 0.05) is 29.2 Å². The number of halogens is 2. The zero-order valence-electron chi connectivity index (χ0n) is 17.1. The Labute approximate surface area is 190 Å². The van der Waals surface area contributed by atoms with Crippen molar-refractivity contribution in [2.75, 3.05) is 23.5 Å². The summed E-state index contributed by atoms with van der Waals surface area (Å²) >= 11 is 7.28. The number of nitrogens with zero attached hydrogens (tertiary/aromatic N) is 2. The molecule has 0 aliphatic carbocycles. The second kappa shape index (κ2) is 9.89. The average Bonchev–Trinajstić information content (AvgIpc) is 3.07. The second-order valence-electron chi connectivity index (χ2n) is 7.32. The lowest BCUT2D eigenvalue weighted by molar-refractivity contribution is 0.101. The van der Waals surface area contributed by atoms with Gasteiger partial charge in [-0.2, -0.15) is 0 Å². The minimum atomic E-state index is -3.45. The van der Waals surface area contributed by atoms with Crippen LogP contribution in [-0.2, 0) is 22.8 Å². The molecule has 0 saturated carbocycles. The van der Waals surface area contributed by atoms with Crippen LogP contribution in [0.5, 0.6) is 0 Å². The molecule has 0 fully saturated rings. The van der Waals surface area contributed by atoms with Crippen molar-refractivity contribution in [3.8, 4) is 0 Å². The van der Waals surface area contributed by atoms with Crippen molar-refractivity contribution in [3.63, 3.8) is 0 Å². The van der Waals surface area contributed by atoms with E-state index in [1.54, 1.807) is 13.0 Å². The van der Waals surface area contributed by atoms with Crippen molar-refractivity contribution < 1.29 is 17.6 Å². The number of benzene rings is 2. The SMILES string of the molecule is Cc1sc(N(CCc2ccc(Cl)cc2)Cc2cccc(F)c2)nc1C(=O)CS(C)(=O)=O. The number of sulfone groups is 1. The smallest absolute Gasteiger partial charge is 0.197 e. The van der Waals surface area contributed by atoms with Gasteiger partial charge < -0.3 is 4.90 Å². The Hall–Kier alpha value is -2.29. The number of ketones is 1. The molecule has 1 aromatic heterocycles. The molecule has 1 heterocycles. The molecule has 0 amide bonds. The lowest BCUT2D eigenvalue weighted by Gasteiger charge is -2.22. The fraction of sp³-hybridized carbons (Fsp3) is 0.273. The molecule has 3 rings (SSSR count). The molecule has 0 unspecified atom stereocenters. The molecule has 5 nitrogen and oxygen atoms in total. The van der Waals surface area contributed by atoms with E-state index >= 15 is 0 Å². The van der Waals surface area contributed by atoms with Crippen LogP contribution in [0, 0.1) is 12.7 Å². The maximum atomic E-state index is 13.7. The Balaban J connectivity index is 1.87. The summed E-state index contributed by atoms with van der Waals surface area (Å²) in [5, 5.41) is 1.25. The molecule has 164 valence electrons. The minimum absolute atomic E-state index is 0.168. The first-order chi connectivity index (χ1) is 14.6. The summed E-state index contributed by atoms with van der Waals surface area (Å²) in [7, 11) is -3.45. The van der Waals surface area contributed by atoms with E-state index in [4.69, 9.17) is 11.6 Å². The van der Waals surface area contributed by atoms with Gasteiger partial charge >= 0.3 is 0 Å². The summed E-state index contributed by atoms with van der Waals surface area (Å²) in [6.45, 7) is 2.72. The van der Waals surface area contributed by atoms with Crippen molar-refractivity contribution in [2.24, 2.45) is 0 Å². The van der Waals surface area contributed by atoms with Crippen molar-refractivity contribution in [3.05, 3.63) is 81.1 Å². The van der Waals surface area contributed by atoms with Crippen molar-refractivity contribution in [1.29, 1.82) is 0 Å². The lowest BCUT2D eigenvalue weighted by atomic mass is 10.1. The summed E-state index contributed by atoms with van der Waals surface area (Å²) in [5.74, 6) is -1.42. The number of hydrogen-bond donors (Lipinski definition) is 0. The normalized spacial score (nSPS) is 11.5. The van der Waals surface area contributed by atoms with Gasteiger partial charge in [0.15, 0.2) is 20.8 Å². The van der Waals surface area contributed by atoms with Gasteiger partial charge in [-0.15, -0.1) is 11.3 Å². The van der Waals surface area contributed by atoms with Gasteiger partial charge in [0.05, 0.1) is 0 Å². The lowest BCUT2D eigenvalue weighted by Crippen LogP contribution is -2.25. The molecule has 0 atom stereocenters. The van der Waals surface area contributed by atoms with Crippen LogP contribution >= 0.6 is 22.9 Å². The molecule has 0 aliphatic heterocycles. The first-order valence-corrected chi connectivity index (χ1v) is 12.8. The molecule has 2 aromatic carbocycles. The second-order valence-corrected chi connectivity index (χ2v) is 11.1. The number of thiazole rings is 1. The third-order valence-electron chi connectivity index (χ3n) is 4.56. The number of Topliss-reactive ketones (excluding diaryl/α,β-unsaturated/α-hetero) is 1. The highest BCUT2D eigenvalue weighted by Gasteiger charge is 2.22. The highest BCUT2D eigenvalue weighted by Crippen LogP contribution is 2.28. The number of carbonyl (C=O) groups excluding carboxylic acids is 1. The van der Waals surface area contributed by atoms with Crippen molar-refractivity contribution >= 4 is 43.7 Å². The van der Waals surface area contributed by atoms with E-state index in [0.29, 0.717) is 34.5 Å². The molecular weight excluding hydrogens is 459 g/mol. The van der Waals surface area contributed by atoms with Gasteiger partial charge in [0.25, 0.3) is 0 Å². The van der Waals surface area contributed by atoms with E-state index in [-0.39, 0.29) is 11.5 Å². The standard InChI is InChI=1S/C22H22ClFN2O3S2/c1-15-21(20(27)14-31(2,28)29)25-22(30-15)26(13-17-4-3-5-19(24)12-17)11-10-16-6-8-18(23)9-7-16/h3-9,12H,10-11,13-14H2,1-2H3. The van der Waals surface area contributed by atoms with Crippen LogP contribution in [0.2, 0.25) is 5.02 Å². The highest BCUT2D eigenvalue weighted by molar-refractivity contribution is 7.91. The van der Waals surface area contributed by atoms with E-state index < -0.39 is 21.4 Å². The van der Waals surface area contributed by atoms with E-state index in [0.717, 1.165) is 17.4 Å². The summed E-state index contributed by atoms with van der Waals surface area (Å²) in [6.07, 6.45) is 1.72. The number of carbonyl (C=O) groups is 1. The molecule has 3 aromatic rings. The zero-order valence-corrected chi connectivity index (χ0v) is 19.5. The maximum absolute atomic E-state index is 13.7. The van der Waals surface area contributed by atoms with Gasteiger partial charge in [-0.25, -0.2) is 17.8 Å². The predicted octanol–water partition coefficient (Wildman–Crippen LogP) is 4.72. The predicted molar refractivity (Wildman–Crippen MR) is 123 cm³/mol. The first-order valence-electron chi connectivity index (χ1n) is 9.53. The van der Waals surface area contributed by atoms with E-state index in [1.165, 1.54) is 23.5 Å². The Morgan fingerprint density at radius 3 is 2.52 bits per heavy atom. The molecular formula is C22H22ClFN2O3S2. The minimum Gasteiger partial charge on any atom is -0.343 e. The van der Waals surface area contributed by atoms with Gasteiger partial charge in [-0.1, -0.05) is 35.9 Å². The molecule has 0 bridgehead atoms. The zero-order chi connectivity index (χ0) is 22.6. The van der Waals surface area contributed by atoms with Crippen molar-refractivity contribution in [2.45, 2.75) is 19.9 Å². The molecule has 0 aliphatic rings. The van der Waals surface area contributed by atoms with Gasteiger partial charge in [-0.3, -0.25) is 4.79 Å². The maximum Gasteiger partial charge on any atom is 0.197 e. The van der Waals surface area contributed by atoms with Crippen LogP contribution in [0.25, 0.3) is 0 Å². The summed E-state index contributed by atoms with van der Waals surface area (Å²) < 4.78 is 36.7. The molecule has 9 heteroatoms. The number of aromatic nitrogens is 1. The van der Waals surface area contributed by atoms with Gasteiger partial charge in [0.2, 0.25) is 0 Å². The fourth-order valence-electron chi connectivity index (χ4n) is 3.10. The molecule has 0 spiro atoms. The summed E-state index contributed by atoms with van der Waals surface area (Å²) in [5.41, 5.74) is 2.02. The summed E-state index contributed by atoms with van der Waals surface area (Å²) in [6, 6.07) is 13.9. The van der Waals surface area contributed by atoms with E-state index in [9.17, 15) is 17.6 Å². The number of hydrogen-bond acceptors (Lipinski definition) is 6. The monoisotopic (exact) mass is 480 g/mol. The third-order valence-corrected chi connectivity index (χ3v) is 6.63. The van der Waals surface area contributed by atoms with Gasteiger partial charge in [0.1, 0.15) is 17.3 Å². The largest absolute Gasteiger partial charge is 0.343 e. The van der Waals surface area contributed by atoms with Crippen LogP contribution in [0.3, 0.4) is 0 Å². The van der Waals surface area contributed by atoms with Gasteiger partial charge in [-0.05, 0) is 48.7 Å². The third kappa shape index (κ3) is 6.85. The van der Waals surface area contributed by atoms with Crippen LogP contribution in [-0.4, -0.2) is 37.7 Å². The van der Waals surface area contributed by atoms with Crippen LogP contribution in [0.15, 0.2) is 48.5 Å². The number of aryl methyl sites for hydroxylation is 1. The number of anilines is 1.